The van der Waals surface area contributed by atoms with Crippen LogP contribution in [0.3, 0.4) is 0 Å². The van der Waals surface area contributed by atoms with Gasteiger partial charge < -0.3 is 14.6 Å². The lowest BCUT2D eigenvalue weighted by Gasteiger charge is -2.10. The molecule has 0 aliphatic heterocycles. The number of carbonyl (C=O) groups is 1. The summed E-state index contributed by atoms with van der Waals surface area (Å²) < 4.78 is 10.5. The van der Waals surface area contributed by atoms with Crippen LogP contribution in [0.1, 0.15) is 23.4 Å². The van der Waals surface area contributed by atoms with Crippen molar-refractivity contribution in [3.05, 3.63) is 71.6 Å². The van der Waals surface area contributed by atoms with Gasteiger partial charge in [0.1, 0.15) is 5.75 Å². The van der Waals surface area contributed by atoms with E-state index in [1.165, 1.54) is 16.5 Å². The zero-order chi connectivity index (χ0) is 20.5. The van der Waals surface area contributed by atoms with Crippen molar-refractivity contribution in [3.8, 4) is 17.1 Å². The van der Waals surface area contributed by atoms with E-state index in [9.17, 15) is 4.79 Å². The zero-order valence-corrected chi connectivity index (χ0v) is 16.6. The van der Waals surface area contributed by atoms with Crippen LogP contribution in [0.25, 0.3) is 22.2 Å². The summed E-state index contributed by atoms with van der Waals surface area (Å²) in [6, 6.07) is 17.8. The fourth-order valence-corrected chi connectivity index (χ4v) is 4.00. The van der Waals surface area contributed by atoms with Gasteiger partial charge in [-0.3, -0.25) is 4.79 Å². The molecule has 0 unspecified atom stereocenters. The summed E-state index contributed by atoms with van der Waals surface area (Å²) in [7, 11) is 1.62. The number of rotatable bonds is 6. The maximum Gasteiger partial charge on any atom is 0.227 e. The van der Waals surface area contributed by atoms with E-state index in [1.807, 2.05) is 30.3 Å². The summed E-state index contributed by atoms with van der Waals surface area (Å²) in [6.07, 6.45) is 2.79. The van der Waals surface area contributed by atoms with Crippen molar-refractivity contribution in [1.82, 2.24) is 10.1 Å². The van der Waals surface area contributed by atoms with Crippen LogP contribution >= 0.6 is 0 Å². The predicted molar refractivity (Wildman–Crippen MR) is 115 cm³/mol. The van der Waals surface area contributed by atoms with Crippen molar-refractivity contribution >= 4 is 22.4 Å². The first-order valence-electron chi connectivity index (χ1n) is 10.0. The largest absolute Gasteiger partial charge is 0.497 e. The molecule has 1 amide bonds. The predicted octanol–water partition coefficient (Wildman–Crippen LogP) is 4.57. The Morgan fingerprint density at radius 3 is 2.67 bits per heavy atom. The van der Waals surface area contributed by atoms with Crippen molar-refractivity contribution in [2.45, 2.75) is 25.7 Å². The molecule has 30 heavy (non-hydrogen) atoms. The van der Waals surface area contributed by atoms with Gasteiger partial charge >= 0.3 is 0 Å². The lowest BCUT2D eigenvalue weighted by atomic mass is 10.0. The molecule has 0 bridgehead atoms. The van der Waals surface area contributed by atoms with Crippen LogP contribution in [0.2, 0.25) is 0 Å². The number of anilines is 1. The molecule has 0 fully saturated rings. The zero-order valence-electron chi connectivity index (χ0n) is 16.6. The number of nitrogens with zero attached hydrogens (tertiary/aromatic N) is 2. The van der Waals surface area contributed by atoms with E-state index in [0.29, 0.717) is 18.1 Å². The Morgan fingerprint density at radius 1 is 1.07 bits per heavy atom. The van der Waals surface area contributed by atoms with E-state index in [1.54, 1.807) is 7.11 Å². The third-order valence-electron chi connectivity index (χ3n) is 5.53. The van der Waals surface area contributed by atoms with Crippen LogP contribution in [0.4, 0.5) is 5.69 Å². The number of carbonyl (C=O) groups excluding carboxylic acids is 1. The second kappa shape index (κ2) is 7.63. The summed E-state index contributed by atoms with van der Waals surface area (Å²) >= 11 is 0. The highest BCUT2D eigenvalue weighted by Crippen LogP contribution is 2.35. The first-order valence-corrected chi connectivity index (χ1v) is 10.0. The number of aromatic nitrogens is 2. The van der Waals surface area contributed by atoms with Gasteiger partial charge in [0.05, 0.1) is 7.11 Å². The van der Waals surface area contributed by atoms with Gasteiger partial charge in [-0.05, 0) is 59.7 Å². The molecule has 0 saturated heterocycles. The van der Waals surface area contributed by atoms with Gasteiger partial charge in [-0.25, -0.2) is 0 Å². The third kappa shape index (κ3) is 3.41. The Morgan fingerprint density at radius 2 is 1.87 bits per heavy atom. The first kappa shape index (κ1) is 18.4. The molecular weight excluding hydrogens is 378 g/mol. The van der Waals surface area contributed by atoms with E-state index in [0.717, 1.165) is 35.2 Å². The number of ether oxygens (including phenoxy) is 1. The van der Waals surface area contributed by atoms with Crippen LogP contribution in [-0.2, 0) is 24.1 Å². The Balaban J connectivity index is 1.25. The summed E-state index contributed by atoms with van der Waals surface area (Å²) in [4.78, 5) is 16.9. The van der Waals surface area contributed by atoms with Gasteiger partial charge in [-0.15, -0.1) is 0 Å². The lowest BCUT2D eigenvalue weighted by Crippen LogP contribution is -2.12. The topological polar surface area (TPSA) is 77.2 Å². The summed E-state index contributed by atoms with van der Waals surface area (Å²) in [5.74, 6) is 1.64. The second-order valence-electron chi connectivity index (χ2n) is 7.40. The molecule has 0 atom stereocenters. The first-order chi connectivity index (χ1) is 14.7. The van der Waals surface area contributed by atoms with Crippen molar-refractivity contribution in [2.24, 2.45) is 0 Å². The van der Waals surface area contributed by atoms with Crippen LogP contribution in [0, 0.1) is 0 Å². The quantitative estimate of drug-likeness (QED) is 0.514. The van der Waals surface area contributed by atoms with Crippen molar-refractivity contribution in [2.75, 3.05) is 12.4 Å². The van der Waals surface area contributed by atoms with Crippen LogP contribution in [0.15, 0.2) is 59.1 Å². The average molecular weight is 399 g/mol. The summed E-state index contributed by atoms with van der Waals surface area (Å²) in [5, 5.41) is 9.45. The molecule has 3 aromatic carbocycles. The Kier molecular flexibility index (Phi) is 4.67. The van der Waals surface area contributed by atoms with E-state index >= 15 is 0 Å². The highest BCUT2D eigenvalue weighted by atomic mass is 16.5. The Bertz CT molecular complexity index is 1220. The van der Waals surface area contributed by atoms with Crippen LogP contribution in [0.5, 0.6) is 5.75 Å². The number of hydrogen-bond acceptors (Lipinski definition) is 5. The molecule has 1 aliphatic rings. The number of benzene rings is 3. The molecule has 0 saturated carbocycles. The minimum atomic E-state index is -0.0714. The number of amides is 1. The highest BCUT2D eigenvalue weighted by molar-refractivity contribution is 6.05. The molecule has 0 spiro atoms. The molecule has 150 valence electrons. The monoisotopic (exact) mass is 399 g/mol. The maximum absolute atomic E-state index is 12.5. The van der Waals surface area contributed by atoms with Crippen molar-refractivity contribution < 1.29 is 14.1 Å². The lowest BCUT2D eigenvalue weighted by molar-refractivity contribution is -0.116. The van der Waals surface area contributed by atoms with Gasteiger partial charge in [0, 0.05) is 29.5 Å². The molecule has 1 aliphatic carbocycles. The number of methoxy groups -OCH3 is 1. The van der Waals surface area contributed by atoms with Gasteiger partial charge in [0.2, 0.25) is 17.6 Å². The van der Waals surface area contributed by atoms with Crippen molar-refractivity contribution in [1.29, 1.82) is 0 Å². The summed E-state index contributed by atoms with van der Waals surface area (Å²) in [6.45, 7) is 0. The molecule has 6 nitrogen and oxygen atoms in total. The molecule has 1 aromatic heterocycles. The third-order valence-corrected chi connectivity index (χ3v) is 5.53. The minimum Gasteiger partial charge on any atom is -0.497 e. The molecule has 5 rings (SSSR count). The van der Waals surface area contributed by atoms with E-state index in [2.05, 4.69) is 39.7 Å². The second-order valence-corrected chi connectivity index (χ2v) is 7.40. The number of aryl methyl sites for hydroxylation is 3. The van der Waals surface area contributed by atoms with Gasteiger partial charge in [0.25, 0.3) is 0 Å². The van der Waals surface area contributed by atoms with Crippen molar-refractivity contribution in [3.63, 3.8) is 0 Å². The standard InChI is InChI=1S/C24H21N3O3/c1-29-18-10-7-17(8-11-18)24-26-22(30-27-24)14-13-21(28)25-20-12-9-16-6-5-15-3-2-4-19(20)23(15)16/h2-4,7-12H,5-6,13-14H2,1H3,(H,25,28). The molecular formula is C24H21N3O3. The Hall–Kier alpha value is -3.67. The normalized spacial score (nSPS) is 12.3. The van der Waals surface area contributed by atoms with E-state index in [-0.39, 0.29) is 12.3 Å². The van der Waals surface area contributed by atoms with Gasteiger partial charge in [-0.1, -0.05) is 29.4 Å². The number of nitrogens with one attached hydrogen (secondary N) is 1. The molecule has 6 heteroatoms. The fraction of sp³-hybridized carbons (Fsp3) is 0.208. The molecule has 4 aromatic rings. The molecule has 1 N–H and O–H groups in total. The Labute approximate surface area is 173 Å². The SMILES string of the molecule is COc1ccc(-c2noc(CCC(=O)Nc3ccc4c5c(cccc35)CC4)n2)cc1. The minimum absolute atomic E-state index is 0.0714. The van der Waals surface area contributed by atoms with Crippen LogP contribution in [-0.4, -0.2) is 23.2 Å². The van der Waals surface area contributed by atoms with Crippen LogP contribution < -0.4 is 10.1 Å². The maximum atomic E-state index is 12.5. The van der Waals surface area contributed by atoms with E-state index in [4.69, 9.17) is 9.26 Å². The van der Waals surface area contributed by atoms with Gasteiger partial charge in [-0.2, -0.15) is 4.98 Å². The van der Waals surface area contributed by atoms with Gasteiger partial charge in [0.15, 0.2) is 0 Å². The summed E-state index contributed by atoms with van der Waals surface area (Å²) in [5.41, 5.74) is 4.40. The number of hydrogen-bond donors (Lipinski definition) is 1. The smallest absolute Gasteiger partial charge is 0.227 e. The van der Waals surface area contributed by atoms with E-state index < -0.39 is 0 Å². The average Bonchev–Trinajstić information content (AvgIpc) is 3.43. The highest BCUT2D eigenvalue weighted by Gasteiger charge is 2.17. The fourth-order valence-electron chi connectivity index (χ4n) is 4.00. The molecule has 1 heterocycles. The molecule has 0 radical (unpaired) electrons.